The number of halogens is 2. The third-order valence-electron chi connectivity index (χ3n) is 3.86. The Morgan fingerprint density at radius 1 is 1.00 bits per heavy atom. The second-order valence-corrected chi connectivity index (χ2v) is 6.42. The van der Waals surface area contributed by atoms with Crippen LogP contribution >= 0.6 is 23.2 Å². The number of aromatic hydroxyl groups is 1. The molecule has 5 heteroatoms. The number of phenolic OH excluding ortho intramolecular Hbond substituents is 1. The summed E-state index contributed by atoms with van der Waals surface area (Å²) < 4.78 is 0. The van der Waals surface area contributed by atoms with Crippen LogP contribution in [0.25, 0.3) is 11.1 Å². The summed E-state index contributed by atoms with van der Waals surface area (Å²) in [5, 5.41) is 13.3. The van der Waals surface area contributed by atoms with E-state index in [0.717, 1.165) is 11.1 Å². The van der Waals surface area contributed by atoms with Gasteiger partial charge in [-0.3, -0.25) is 4.79 Å². The monoisotopic (exact) mass is 371 g/mol. The minimum absolute atomic E-state index is 0.195. The first kappa shape index (κ1) is 17.3. The number of hydrogen-bond acceptors (Lipinski definition) is 2. The fourth-order valence-corrected chi connectivity index (χ4v) is 2.87. The van der Waals surface area contributed by atoms with Crippen molar-refractivity contribution in [2.24, 2.45) is 0 Å². The fourth-order valence-electron chi connectivity index (χ4n) is 2.46. The molecule has 1 amide bonds. The molecule has 0 aliphatic carbocycles. The molecule has 2 N–H and O–H groups in total. The molecule has 0 heterocycles. The van der Waals surface area contributed by atoms with E-state index < -0.39 is 0 Å². The van der Waals surface area contributed by atoms with Crippen molar-refractivity contribution in [2.75, 3.05) is 5.32 Å². The molecule has 0 saturated heterocycles. The maximum absolute atomic E-state index is 12.4. The van der Waals surface area contributed by atoms with Gasteiger partial charge in [0.25, 0.3) is 5.91 Å². The van der Waals surface area contributed by atoms with Crippen LogP contribution in [0.15, 0.2) is 60.7 Å². The van der Waals surface area contributed by atoms with Crippen LogP contribution < -0.4 is 5.32 Å². The highest BCUT2D eigenvalue weighted by molar-refractivity contribution is 6.43. The predicted molar refractivity (Wildman–Crippen MR) is 103 cm³/mol. The van der Waals surface area contributed by atoms with Gasteiger partial charge in [0.2, 0.25) is 0 Å². The lowest BCUT2D eigenvalue weighted by Gasteiger charge is -2.09. The molecular formula is C20H15Cl2NO2. The molecule has 0 aliphatic rings. The molecule has 0 saturated carbocycles. The Bertz CT molecular complexity index is 937. The number of carbonyl (C=O) groups excluding carboxylic acids is 1. The summed E-state index contributed by atoms with van der Waals surface area (Å²) >= 11 is 12.3. The van der Waals surface area contributed by atoms with Crippen LogP contribution in [0.1, 0.15) is 15.9 Å². The number of rotatable bonds is 3. The average molecular weight is 372 g/mol. The summed E-state index contributed by atoms with van der Waals surface area (Å²) in [6, 6.07) is 17.5. The van der Waals surface area contributed by atoms with Crippen LogP contribution in [0.2, 0.25) is 10.0 Å². The van der Waals surface area contributed by atoms with Gasteiger partial charge in [-0.2, -0.15) is 0 Å². The second-order valence-electron chi connectivity index (χ2n) is 5.63. The largest absolute Gasteiger partial charge is 0.508 e. The van der Waals surface area contributed by atoms with E-state index >= 15 is 0 Å². The van der Waals surface area contributed by atoms with E-state index in [0.29, 0.717) is 26.9 Å². The first-order valence-electron chi connectivity index (χ1n) is 7.61. The van der Waals surface area contributed by atoms with Crippen LogP contribution in [-0.4, -0.2) is 11.0 Å². The number of hydrogen-bond donors (Lipinski definition) is 2. The number of carbonyl (C=O) groups is 1. The molecule has 3 nitrogen and oxygen atoms in total. The number of anilines is 1. The zero-order valence-corrected chi connectivity index (χ0v) is 14.9. The van der Waals surface area contributed by atoms with Crippen LogP contribution in [0.4, 0.5) is 5.69 Å². The highest BCUT2D eigenvalue weighted by atomic mass is 35.5. The van der Waals surface area contributed by atoms with E-state index in [1.54, 1.807) is 43.3 Å². The Morgan fingerprint density at radius 3 is 2.40 bits per heavy atom. The zero-order valence-electron chi connectivity index (χ0n) is 13.4. The Balaban J connectivity index is 1.81. The number of amides is 1. The number of phenols is 1. The highest BCUT2D eigenvalue weighted by Gasteiger charge is 2.10. The highest BCUT2D eigenvalue weighted by Crippen LogP contribution is 2.33. The molecule has 0 fully saturated rings. The van der Waals surface area contributed by atoms with Crippen molar-refractivity contribution < 1.29 is 9.90 Å². The quantitative estimate of drug-likeness (QED) is 0.560. The maximum atomic E-state index is 12.4. The van der Waals surface area contributed by atoms with Gasteiger partial charge in [0.15, 0.2) is 0 Å². The summed E-state index contributed by atoms with van der Waals surface area (Å²) in [6.07, 6.45) is 0. The van der Waals surface area contributed by atoms with Crippen LogP contribution in [0.3, 0.4) is 0 Å². The molecule has 3 rings (SSSR count). The molecule has 0 radical (unpaired) electrons. The topological polar surface area (TPSA) is 49.3 Å². The SMILES string of the molecule is Cc1cc(NC(=O)c2ccc(-c3cccc(Cl)c3Cl)cc2)ccc1O. The van der Waals surface area contributed by atoms with Gasteiger partial charge in [-0.05, 0) is 54.4 Å². The van der Waals surface area contributed by atoms with Gasteiger partial charge >= 0.3 is 0 Å². The van der Waals surface area contributed by atoms with Gasteiger partial charge in [0, 0.05) is 16.8 Å². The lowest BCUT2D eigenvalue weighted by atomic mass is 10.0. The molecule has 0 bridgehead atoms. The van der Waals surface area contributed by atoms with E-state index in [2.05, 4.69) is 5.32 Å². The van der Waals surface area contributed by atoms with Crippen molar-refractivity contribution in [1.82, 2.24) is 0 Å². The Labute approximate surface area is 155 Å². The van der Waals surface area contributed by atoms with Gasteiger partial charge in [-0.1, -0.05) is 47.5 Å². The lowest BCUT2D eigenvalue weighted by molar-refractivity contribution is 0.102. The molecule has 126 valence electrons. The Morgan fingerprint density at radius 2 is 1.72 bits per heavy atom. The molecule has 25 heavy (non-hydrogen) atoms. The van der Waals surface area contributed by atoms with E-state index in [9.17, 15) is 9.90 Å². The van der Waals surface area contributed by atoms with Crippen molar-refractivity contribution in [3.8, 4) is 16.9 Å². The molecule has 0 atom stereocenters. The third kappa shape index (κ3) is 3.78. The van der Waals surface area contributed by atoms with Crippen molar-refractivity contribution in [2.45, 2.75) is 6.92 Å². The van der Waals surface area contributed by atoms with Crippen LogP contribution in [-0.2, 0) is 0 Å². The van der Waals surface area contributed by atoms with Crippen LogP contribution in [0.5, 0.6) is 5.75 Å². The van der Waals surface area contributed by atoms with Crippen molar-refractivity contribution in [1.29, 1.82) is 0 Å². The van der Waals surface area contributed by atoms with Crippen LogP contribution in [0, 0.1) is 6.92 Å². The number of benzene rings is 3. The van der Waals surface area contributed by atoms with Gasteiger partial charge in [-0.15, -0.1) is 0 Å². The standard InChI is InChI=1S/C20H15Cl2NO2/c1-12-11-15(9-10-18(12)24)23-20(25)14-7-5-13(6-8-14)16-3-2-4-17(21)19(16)22/h2-11,24H,1H3,(H,23,25). The lowest BCUT2D eigenvalue weighted by Crippen LogP contribution is -2.11. The normalized spacial score (nSPS) is 10.5. The molecule has 0 unspecified atom stereocenters. The summed E-state index contributed by atoms with van der Waals surface area (Å²) in [4.78, 5) is 12.4. The first-order chi connectivity index (χ1) is 12.0. The predicted octanol–water partition coefficient (Wildman–Crippen LogP) is 5.93. The smallest absolute Gasteiger partial charge is 0.255 e. The summed E-state index contributed by atoms with van der Waals surface area (Å²) in [5.74, 6) is -0.0328. The van der Waals surface area contributed by atoms with E-state index in [1.807, 2.05) is 24.3 Å². The molecule has 3 aromatic carbocycles. The van der Waals surface area contributed by atoms with E-state index in [-0.39, 0.29) is 11.7 Å². The number of aryl methyl sites for hydroxylation is 1. The molecular weight excluding hydrogens is 357 g/mol. The minimum atomic E-state index is -0.228. The molecule has 0 aliphatic heterocycles. The van der Waals surface area contributed by atoms with Crippen molar-refractivity contribution in [3.05, 3.63) is 81.8 Å². The summed E-state index contributed by atoms with van der Waals surface area (Å²) in [6.45, 7) is 1.77. The fraction of sp³-hybridized carbons (Fsp3) is 0.0500. The van der Waals surface area contributed by atoms with Gasteiger partial charge < -0.3 is 10.4 Å². The van der Waals surface area contributed by atoms with E-state index in [1.165, 1.54) is 0 Å². The first-order valence-corrected chi connectivity index (χ1v) is 8.37. The molecule has 3 aromatic rings. The number of nitrogens with one attached hydrogen (secondary N) is 1. The molecule has 0 spiro atoms. The third-order valence-corrected chi connectivity index (χ3v) is 4.68. The summed E-state index contributed by atoms with van der Waals surface area (Å²) in [5.41, 5.74) is 3.54. The second kappa shape index (κ2) is 7.18. The van der Waals surface area contributed by atoms with Gasteiger partial charge in [0.1, 0.15) is 5.75 Å². The van der Waals surface area contributed by atoms with Gasteiger partial charge in [-0.25, -0.2) is 0 Å². The average Bonchev–Trinajstić information content (AvgIpc) is 2.61. The Kier molecular flexibility index (Phi) is 4.98. The van der Waals surface area contributed by atoms with Gasteiger partial charge in [0.05, 0.1) is 10.0 Å². The maximum Gasteiger partial charge on any atom is 0.255 e. The van der Waals surface area contributed by atoms with E-state index in [4.69, 9.17) is 23.2 Å². The van der Waals surface area contributed by atoms with Crippen molar-refractivity contribution >= 4 is 34.8 Å². The molecule has 0 aromatic heterocycles. The summed E-state index contributed by atoms with van der Waals surface area (Å²) in [7, 11) is 0. The Hall–Kier alpha value is -2.49. The zero-order chi connectivity index (χ0) is 18.0. The van der Waals surface area contributed by atoms with Crippen molar-refractivity contribution in [3.63, 3.8) is 0 Å². The minimum Gasteiger partial charge on any atom is -0.508 e.